The highest BCUT2D eigenvalue weighted by Crippen LogP contribution is 2.42. The Morgan fingerprint density at radius 1 is 1.36 bits per heavy atom. The minimum absolute atomic E-state index is 0.233. The van der Waals surface area contributed by atoms with Gasteiger partial charge in [-0.25, -0.2) is 0 Å². The molecule has 0 aliphatic carbocycles. The molecule has 0 aliphatic heterocycles. The van der Waals surface area contributed by atoms with Gasteiger partial charge in [0.25, 0.3) is 0 Å². The third kappa shape index (κ3) is 3.47. The number of rotatable bonds is 5. The van der Waals surface area contributed by atoms with E-state index in [1.54, 1.807) is 0 Å². The van der Waals surface area contributed by atoms with Gasteiger partial charge in [-0.15, -0.1) is 0 Å². The Hall–Kier alpha value is -1.47. The van der Waals surface area contributed by atoms with Crippen LogP contribution in [-0.4, -0.2) is 30.0 Å². The highest BCUT2D eigenvalue weighted by molar-refractivity contribution is 6.32. The molecule has 1 N–H and O–H groups in total. The van der Waals surface area contributed by atoms with Crippen molar-refractivity contribution < 1.29 is 32.9 Å². The van der Waals surface area contributed by atoms with Crippen molar-refractivity contribution in [2.75, 3.05) is 7.11 Å². The van der Waals surface area contributed by atoms with Gasteiger partial charge in [0.1, 0.15) is 5.75 Å². The van der Waals surface area contributed by atoms with Crippen molar-refractivity contribution in [3.8, 4) is 5.75 Å². The van der Waals surface area contributed by atoms with E-state index in [-0.39, 0.29) is 10.8 Å². The van der Waals surface area contributed by atoms with Gasteiger partial charge in [-0.2, -0.15) is 13.2 Å². The Bertz CT molecular complexity index is 572. The van der Waals surface area contributed by atoms with E-state index in [0.29, 0.717) is 5.56 Å². The van der Waals surface area contributed by atoms with Crippen LogP contribution in [0.2, 0.25) is 5.02 Å². The van der Waals surface area contributed by atoms with E-state index in [1.165, 1.54) is 39.2 Å². The third-order valence-electron chi connectivity index (χ3n) is 3.44. The zero-order valence-electron chi connectivity index (χ0n) is 12.1. The fraction of sp³-hybridized carbons (Fsp3) is 0.500. The zero-order chi connectivity index (χ0) is 17.3. The van der Waals surface area contributed by atoms with Crippen LogP contribution in [0.3, 0.4) is 0 Å². The van der Waals surface area contributed by atoms with Gasteiger partial charge >= 0.3 is 6.18 Å². The second-order valence-electron chi connectivity index (χ2n) is 5.56. The first-order chi connectivity index (χ1) is 9.85. The number of ether oxygens (including phenoxy) is 1. The van der Waals surface area contributed by atoms with Crippen molar-refractivity contribution in [1.29, 1.82) is 0 Å². The topological polar surface area (TPSA) is 69.6 Å². The van der Waals surface area contributed by atoms with Gasteiger partial charge < -0.3 is 19.7 Å². The standard InChI is InChI=1S/C14H16ClF3O4/c1-12(2,7-13(21,11(19)20)14(16,17)18)8-4-5-9(15)10(6-8)22-3/h4-6,21H,7H2,1-3H3,(H,19,20)/p-1. The second-order valence-corrected chi connectivity index (χ2v) is 5.96. The number of hydrogen-bond donors (Lipinski definition) is 1. The molecule has 1 aromatic carbocycles. The molecule has 0 saturated heterocycles. The lowest BCUT2D eigenvalue weighted by Gasteiger charge is -2.38. The summed E-state index contributed by atoms with van der Waals surface area (Å²) in [5, 5.41) is 20.6. The molecule has 0 fully saturated rings. The van der Waals surface area contributed by atoms with Crippen molar-refractivity contribution in [2.45, 2.75) is 37.5 Å². The fourth-order valence-electron chi connectivity index (χ4n) is 2.11. The number of carboxylic acids is 1. The summed E-state index contributed by atoms with van der Waals surface area (Å²) in [6, 6.07) is 4.26. The summed E-state index contributed by atoms with van der Waals surface area (Å²) in [7, 11) is 1.34. The van der Waals surface area contributed by atoms with Crippen LogP contribution in [0.4, 0.5) is 13.2 Å². The molecule has 0 bridgehead atoms. The maximum Gasteiger partial charge on any atom is 0.422 e. The molecule has 1 unspecified atom stereocenters. The second kappa shape index (κ2) is 5.96. The van der Waals surface area contributed by atoms with Crippen LogP contribution in [0.15, 0.2) is 18.2 Å². The lowest BCUT2D eigenvalue weighted by Crippen LogP contribution is -2.60. The van der Waals surface area contributed by atoms with Crippen LogP contribution >= 0.6 is 11.6 Å². The van der Waals surface area contributed by atoms with E-state index in [0.717, 1.165) is 0 Å². The van der Waals surface area contributed by atoms with Crippen LogP contribution in [0.1, 0.15) is 25.8 Å². The number of carbonyl (C=O) groups is 1. The highest BCUT2D eigenvalue weighted by atomic mass is 35.5. The highest BCUT2D eigenvalue weighted by Gasteiger charge is 2.57. The molecule has 0 saturated carbocycles. The quantitative estimate of drug-likeness (QED) is 0.891. The molecule has 1 rings (SSSR count). The third-order valence-corrected chi connectivity index (χ3v) is 3.75. The minimum Gasteiger partial charge on any atom is -0.547 e. The molecule has 4 nitrogen and oxygen atoms in total. The first-order valence-corrected chi connectivity index (χ1v) is 6.57. The molecular weight excluding hydrogens is 325 g/mol. The SMILES string of the molecule is COc1cc(C(C)(C)CC(O)(C(=O)[O-])C(F)(F)F)ccc1Cl. The fourth-order valence-corrected chi connectivity index (χ4v) is 2.31. The van der Waals surface area contributed by atoms with Gasteiger partial charge in [-0.05, 0) is 29.5 Å². The molecule has 124 valence electrons. The Kier molecular flexibility index (Phi) is 5.04. The Morgan fingerprint density at radius 3 is 2.32 bits per heavy atom. The maximum absolute atomic E-state index is 12.9. The number of aliphatic carboxylic acids is 1. The molecule has 1 aromatic rings. The van der Waals surface area contributed by atoms with Crippen LogP contribution < -0.4 is 9.84 Å². The summed E-state index contributed by atoms with van der Waals surface area (Å²) in [5.41, 5.74) is -4.95. The van der Waals surface area contributed by atoms with Crippen molar-refractivity contribution in [3.63, 3.8) is 0 Å². The van der Waals surface area contributed by atoms with E-state index >= 15 is 0 Å². The Morgan fingerprint density at radius 2 is 1.91 bits per heavy atom. The monoisotopic (exact) mass is 339 g/mol. The van der Waals surface area contributed by atoms with Gasteiger partial charge in [0.2, 0.25) is 5.60 Å². The van der Waals surface area contributed by atoms with E-state index < -0.39 is 29.6 Å². The number of alkyl halides is 3. The first kappa shape index (κ1) is 18.6. The normalized spacial score (nSPS) is 15.3. The van der Waals surface area contributed by atoms with Crippen LogP contribution in [0.25, 0.3) is 0 Å². The molecule has 0 aromatic heterocycles. The summed E-state index contributed by atoms with van der Waals surface area (Å²) < 4.78 is 43.7. The molecule has 0 aliphatic rings. The number of carboxylic acid groups (broad SMARTS) is 1. The van der Waals surface area contributed by atoms with E-state index in [1.807, 2.05) is 0 Å². The number of halogens is 4. The van der Waals surface area contributed by atoms with E-state index in [4.69, 9.17) is 16.3 Å². The summed E-state index contributed by atoms with van der Waals surface area (Å²) in [6.45, 7) is 2.74. The summed E-state index contributed by atoms with van der Waals surface area (Å²) in [4.78, 5) is 10.8. The van der Waals surface area contributed by atoms with Gasteiger partial charge in [-0.1, -0.05) is 31.5 Å². The van der Waals surface area contributed by atoms with Gasteiger partial charge in [0.15, 0.2) is 0 Å². The number of aliphatic hydroxyl groups is 1. The van der Waals surface area contributed by atoms with E-state index in [2.05, 4.69) is 0 Å². The van der Waals surface area contributed by atoms with E-state index in [9.17, 15) is 28.2 Å². The molecule has 0 amide bonds. The molecule has 22 heavy (non-hydrogen) atoms. The maximum atomic E-state index is 12.9. The van der Waals surface area contributed by atoms with Crippen LogP contribution in [-0.2, 0) is 10.2 Å². The van der Waals surface area contributed by atoms with Gasteiger partial charge in [0.05, 0.1) is 18.1 Å². The number of methoxy groups -OCH3 is 1. The molecule has 8 heteroatoms. The smallest absolute Gasteiger partial charge is 0.422 e. The molecule has 1 atom stereocenters. The predicted molar refractivity (Wildman–Crippen MR) is 71.7 cm³/mol. The largest absolute Gasteiger partial charge is 0.547 e. The number of carbonyl (C=O) groups excluding carboxylic acids is 1. The van der Waals surface area contributed by atoms with Crippen molar-refractivity contribution >= 4 is 17.6 Å². The summed E-state index contributed by atoms with van der Waals surface area (Å²) >= 11 is 5.84. The Balaban J connectivity index is 3.26. The molecule has 0 radical (unpaired) electrons. The average Bonchev–Trinajstić information content (AvgIpc) is 2.36. The van der Waals surface area contributed by atoms with Crippen LogP contribution in [0.5, 0.6) is 5.75 Å². The molecule has 0 spiro atoms. The van der Waals surface area contributed by atoms with Crippen molar-refractivity contribution in [3.05, 3.63) is 28.8 Å². The molecular formula is C14H15ClF3O4-. The average molecular weight is 340 g/mol. The first-order valence-electron chi connectivity index (χ1n) is 6.20. The van der Waals surface area contributed by atoms with Crippen molar-refractivity contribution in [2.24, 2.45) is 0 Å². The lowest BCUT2D eigenvalue weighted by molar-refractivity contribution is -0.356. The molecule has 0 heterocycles. The predicted octanol–water partition coefficient (Wildman–Crippen LogP) is 2.06. The zero-order valence-corrected chi connectivity index (χ0v) is 12.9. The minimum atomic E-state index is -5.36. The van der Waals surface area contributed by atoms with Crippen LogP contribution in [0, 0.1) is 0 Å². The number of hydrogen-bond acceptors (Lipinski definition) is 4. The summed E-state index contributed by atoms with van der Waals surface area (Å²) in [6.07, 6.45) is -6.48. The van der Waals surface area contributed by atoms with Gasteiger partial charge in [-0.3, -0.25) is 0 Å². The number of benzene rings is 1. The Labute approximate surface area is 130 Å². The van der Waals surface area contributed by atoms with Crippen molar-refractivity contribution in [1.82, 2.24) is 0 Å². The summed E-state index contributed by atoms with van der Waals surface area (Å²) in [5.74, 6) is -2.36. The van der Waals surface area contributed by atoms with Gasteiger partial charge in [0, 0.05) is 0 Å². The lowest BCUT2D eigenvalue weighted by atomic mass is 9.75.